The van der Waals surface area contributed by atoms with Crippen LogP contribution in [0.2, 0.25) is 5.02 Å². The minimum absolute atomic E-state index is 0.338. The van der Waals surface area contributed by atoms with Gasteiger partial charge in [-0.1, -0.05) is 29.8 Å². The van der Waals surface area contributed by atoms with Gasteiger partial charge in [0.1, 0.15) is 11.5 Å². The number of nitrogens with zero attached hydrogens (tertiary/aromatic N) is 4. The van der Waals surface area contributed by atoms with Crippen molar-refractivity contribution in [1.82, 2.24) is 15.2 Å². The molecule has 3 rings (SSSR count). The molecule has 0 fully saturated rings. The van der Waals surface area contributed by atoms with Gasteiger partial charge >= 0.3 is 0 Å². The Hall–Kier alpha value is -3.06. The maximum atomic E-state index is 6.15. The number of hydrogen-bond donors (Lipinski definition) is 1. The molecule has 0 amide bonds. The van der Waals surface area contributed by atoms with Crippen LogP contribution in [0.25, 0.3) is 0 Å². The first-order valence-electron chi connectivity index (χ1n) is 8.37. The summed E-state index contributed by atoms with van der Waals surface area (Å²) in [6, 6.07) is 13.4. The van der Waals surface area contributed by atoms with Crippen LogP contribution in [0.4, 0.5) is 23.1 Å². The van der Waals surface area contributed by atoms with Crippen molar-refractivity contribution in [2.45, 2.75) is 6.92 Å². The highest BCUT2D eigenvalue weighted by atomic mass is 35.5. The molecule has 0 unspecified atom stereocenters. The Morgan fingerprint density at radius 3 is 2.48 bits per heavy atom. The molecule has 1 aromatic heterocycles. The summed E-state index contributed by atoms with van der Waals surface area (Å²) in [6.07, 6.45) is 1.63. The van der Waals surface area contributed by atoms with Gasteiger partial charge in [0.2, 0.25) is 5.95 Å². The van der Waals surface area contributed by atoms with Gasteiger partial charge in [-0.05, 0) is 19.1 Å². The molecular formula is C19H20ClN5O2. The first-order chi connectivity index (χ1) is 13.2. The number of ether oxygens (including phenoxy) is 2. The number of para-hydroxylation sites is 1. The molecule has 0 atom stereocenters. The summed E-state index contributed by atoms with van der Waals surface area (Å²) in [4.78, 5) is 6.62. The lowest BCUT2D eigenvalue weighted by Gasteiger charge is -2.22. The average molecular weight is 386 g/mol. The van der Waals surface area contributed by atoms with Gasteiger partial charge in [-0.2, -0.15) is 10.1 Å². The minimum atomic E-state index is 0.338. The van der Waals surface area contributed by atoms with E-state index in [1.807, 2.05) is 35.2 Å². The zero-order valence-electron chi connectivity index (χ0n) is 15.3. The number of hydrogen-bond acceptors (Lipinski definition) is 7. The lowest BCUT2D eigenvalue weighted by Crippen LogP contribution is -2.18. The van der Waals surface area contributed by atoms with E-state index in [-0.39, 0.29) is 0 Å². The van der Waals surface area contributed by atoms with Crippen LogP contribution in [0, 0.1) is 0 Å². The van der Waals surface area contributed by atoms with E-state index in [4.69, 9.17) is 21.1 Å². The van der Waals surface area contributed by atoms with Gasteiger partial charge in [0.25, 0.3) is 0 Å². The van der Waals surface area contributed by atoms with Crippen LogP contribution in [0.5, 0.6) is 11.5 Å². The fourth-order valence-corrected chi connectivity index (χ4v) is 2.87. The molecule has 0 radical (unpaired) electrons. The number of methoxy groups -OCH3 is 2. The van der Waals surface area contributed by atoms with E-state index in [1.165, 1.54) is 0 Å². The van der Waals surface area contributed by atoms with Crippen molar-refractivity contribution < 1.29 is 9.47 Å². The Morgan fingerprint density at radius 1 is 1.07 bits per heavy atom. The standard InChI is InChI=1S/C19H20ClN5O2/c1-4-25(13-8-6-5-7-9-13)18-12-21-24-19(23-18)22-15-11-16(26-2)14(20)10-17(15)27-3/h5-12H,4H2,1-3H3,(H,22,23,24). The Morgan fingerprint density at radius 2 is 1.81 bits per heavy atom. The van der Waals surface area contributed by atoms with Crippen LogP contribution in [0.15, 0.2) is 48.7 Å². The molecule has 0 aliphatic rings. The molecule has 0 aliphatic carbocycles. The van der Waals surface area contributed by atoms with E-state index < -0.39 is 0 Å². The number of nitrogens with one attached hydrogen (secondary N) is 1. The maximum Gasteiger partial charge on any atom is 0.249 e. The molecule has 0 saturated heterocycles. The normalized spacial score (nSPS) is 10.4. The van der Waals surface area contributed by atoms with Crippen molar-refractivity contribution >= 4 is 34.7 Å². The summed E-state index contributed by atoms with van der Waals surface area (Å²) >= 11 is 6.15. The summed E-state index contributed by atoms with van der Waals surface area (Å²) < 4.78 is 10.6. The molecule has 3 aromatic rings. The predicted molar refractivity (Wildman–Crippen MR) is 107 cm³/mol. The lowest BCUT2D eigenvalue weighted by atomic mass is 10.2. The molecule has 1 heterocycles. The molecule has 2 aromatic carbocycles. The van der Waals surface area contributed by atoms with Gasteiger partial charge in [0.15, 0.2) is 5.82 Å². The maximum absolute atomic E-state index is 6.15. The zero-order chi connectivity index (χ0) is 19.2. The Bertz CT molecular complexity index is 908. The summed E-state index contributed by atoms with van der Waals surface area (Å²) in [5, 5.41) is 11.7. The van der Waals surface area contributed by atoms with E-state index >= 15 is 0 Å². The molecule has 1 N–H and O–H groups in total. The third-order valence-electron chi connectivity index (χ3n) is 3.93. The highest BCUT2D eigenvalue weighted by Crippen LogP contribution is 2.37. The summed E-state index contributed by atoms with van der Waals surface area (Å²) in [6.45, 7) is 2.79. The predicted octanol–water partition coefficient (Wildman–Crippen LogP) is 4.44. The average Bonchev–Trinajstić information content (AvgIpc) is 2.70. The Balaban J connectivity index is 1.93. The minimum Gasteiger partial charge on any atom is -0.495 e. The zero-order valence-corrected chi connectivity index (χ0v) is 16.1. The molecular weight excluding hydrogens is 366 g/mol. The van der Waals surface area contributed by atoms with Gasteiger partial charge in [-0.25, -0.2) is 0 Å². The largest absolute Gasteiger partial charge is 0.495 e. The third-order valence-corrected chi connectivity index (χ3v) is 4.22. The molecule has 0 saturated carbocycles. The fourth-order valence-electron chi connectivity index (χ4n) is 2.64. The monoisotopic (exact) mass is 385 g/mol. The highest BCUT2D eigenvalue weighted by Gasteiger charge is 2.14. The summed E-state index contributed by atoms with van der Waals surface area (Å²) in [5.41, 5.74) is 1.65. The Kier molecular flexibility index (Phi) is 5.93. The smallest absolute Gasteiger partial charge is 0.249 e. The molecule has 0 aliphatic heterocycles. The van der Waals surface area contributed by atoms with Crippen molar-refractivity contribution in [1.29, 1.82) is 0 Å². The Labute approximate surface area is 162 Å². The van der Waals surface area contributed by atoms with Crippen molar-refractivity contribution in [2.75, 3.05) is 31.0 Å². The summed E-state index contributed by atoms with van der Waals surface area (Å²) in [7, 11) is 3.11. The van der Waals surface area contributed by atoms with Crippen molar-refractivity contribution in [3.8, 4) is 11.5 Å². The first-order valence-corrected chi connectivity index (χ1v) is 8.75. The van der Waals surface area contributed by atoms with Crippen LogP contribution >= 0.6 is 11.6 Å². The second-order valence-electron chi connectivity index (χ2n) is 5.53. The van der Waals surface area contributed by atoms with Crippen LogP contribution in [-0.2, 0) is 0 Å². The SMILES string of the molecule is CCN(c1ccccc1)c1cnnc(Nc2cc(OC)c(Cl)cc2OC)n1. The quantitative estimate of drug-likeness (QED) is 0.644. The summed E-state index contributed by atoms with van der Waals surface area (Å²) in [5.74, 6) is 2.08. The molecule has 27 heavy (non-hydrogen) atoms. The van der Waals surface area contributed by atoms with Crippen LogP contribution in [-0.4, -0.2) is 35.9 Å². The lowest BCUT2D eigenvalue weighted by molar-refractivity contribution is 0.405. The van der Waals surface area contributed by atoms with Gasteiger partial charge < -0.3 is 19.7 Å². The van der Waals surface area contributed by atoms with Crippen molar-refractivity contribution in [2.24, 2.45) is 0 Å². The van der Waals surface area contributed by atoms with Gasteiger partial charge in [-0.15, -0.1) is 5.10 Å². The molecule has 140 valence electrons. The van der Waals surface area contributed by atoms with E-state index in [9.17, 15) is 0 Å². The van der Waals surface area contributed by atoms with E-state index in [0.717, 1.165) is 12.2 Å². The molecule has 8 heteroatoms. The van der Waals surface area contributed by atoms with Crippen molar-refractivity contribution in [3.05, 3.63) is 53.7 Å². The highest BCUT2D eigenvalue weighted by molar-refractivity contribution is 6.32. The van der Waals surface area contributed by atoms with E-state index in [1.54, 1.807) is 32.5 Å². The van der Waals surface area contributed by atoms with Crippen molar-refractivity contribution in [3.63, 3.8) is 0 Å². The number of benzene rings is 2. The van der Waals surface area contributed by atoms with E-state index in [0.29, 0.717) is 34.0 Å². The second kappa shape index (κ2) is 8.55. The number of halogens is 1. The number of rotatable bonds is 7. The third kappa shape index (κ3) is 4.20. The topological polar surface area (TPSA) is 72.4 Å². The number of anilines is 4. The van der Waals surface area contributed by atoms with Gasteiger partial charge in [0, 0.05) is 24.4 Å². The van der Waals surface area contributed by atoms with Gasteiger partial charge in [0.05, 0.1) is 31.1 Å². The number of aromatic nitrogens is 3. The second-order valence-corrected chi connectivity index (χ2v) is 5.94. The van der Waals surface area contributed by atoms with E-state index in [2.05, 4.69) is 27.4 Å². The molecule has 0 bridgehead atoms. The fraction of sp³-hybridized carbons (Fsp3) is 0.211. The first kappa shape index (κ1) is 18.7. The molecule has 0 spiro atoms. The van der Waals surface area contributed by atoms with Crippen LogP contribution in [0.1, 0.15) is 6.92 Å². The molecule has 7 nitrogen and oxygen atoms in total. The van der Waals surface area contributed by atoms with Crippen LogP contribution < -0.4 is 19.7 Å². The van der Waals surface area contributed by atoms with Crippen LogP contribution in [0.3, 0.4) is 0 Å². The van der Waals surface area contributed by atoms with Gasteiger partial charge in [-0.3, -0.25) is 0 Å².